The molecule has 0 bridgehead atoms. The normalized spacial score (nSPS) is 18.9. The van der Waals surface area contributed by atoms with Crippen LogP contribution in [0.25, 0.3) is 0 Å². The number of aliphatic hydroxyl groups excluding tert-OH is 1. The van der Waals surface area contributed by atoms with Gasteiger partial charge >= 0.3 is 6.03 Å². The Labute approximate surface area is 116 Å². The third kappa shape index (κ3) is 3.90. The lowest BCUT2D eigenvalue weighted by Crippen LogP contribution is -2.47. The molecule has 1 aromatic rings. The number of nitrogens with zero attached hydrogens (tertiary/aromatic N) is 1. The summed E-state index contributed by atoms with van der Waals surface area (Å²) in [5.74, 6) is -0.971. The molecule has 2 rings (SSSR count). The van der Waals surface area contributed by atoms with E-state index in [0.29, 0.717) is 19.5 Å². The molecule has 1 aliphatic rings. The summed E-state index contributed by atoms with van der Waals surface area (Å²) >= 11 is 0. The number of β-amino-alcohol motifs (C(OH)–C–C–N with tert-alkyl or cyclic N) is 1. The van der Waals surface area contributed by atoms with Gasteiger partial charge in [-0.05, 0) is 43.0 Å². The number of hydrogen-bond donors (Lipinski definition) is 2. The zero-order valence-corrected chi connectivity index (χ0v) is 11.1. The topological polar surface area (TPSA) is 52.6 Å². The average molecular weight is 284 g/mol. The van der Waals surface area contributed by atoms with Crippen LogP contribution in [0, 0.1) is 11.6 Å². The van der Waals surface area contributed by atoms with Crippen molar-refractivity contribution in [2.45, 2.75) is 25.4 Å². The number of aliphatic hydroxyl groups is 1. The van der Waals surface area contributed by atoms with Gasteiger partial charge in [0.15, 0.2) is 0 Å². The number of carbonyl (C=O) groups is 1. The molecule has 1 heterocycles. The summed E-state index contributed by atoms with van der Waals surface area (Å²) in [6.45, 7) is 1.16. The van der Waals surface area contributed by atoms with Crippen LogP contribution < -0.4 is 5.32 Å². The molecule has 1 aliphatic heterocycles. The van der Waals surface area contributed by atoms with E-state index in [1.54, 1.807) is 0 Å². The van der Waals surface area contributed by atoms with E-state index in [1.807, 2.05) is 0 Å². The maximum Gasteiger partial charge on any atom is 0.317 e. The van der Waals surface area contributed by atoms with Crippen LogP contribution in [0.15, 0.2) is 18.2 Å². The van der Waals surface area contributed by atoms with Crippen molar-refractivity contribution in [2.24, 2.45) is 0 Å². The van der Waals surface area contributed by atoms with Crippen molar-refractivity contribution in [3.8, 4) is 0 Å². The van der Waals surface area contributed by atoms with Crippen molar-refractivity contribution in [3.63, 3.8) is 0 Å². The lowest BCUT2D eigenvalue weighted by atomic mass is 10.1. The molecule has 2 N–H and O–H groups in total. The summed E-state index contributed by atoms with van der Waals surface area (Å²) in [5.41, 5.74) is 0.240. The number of benzene rings is 1. The largest absolute Gasteiger partial charge is 0.391 e. The highest BCUT2D eigenvalue weighted by Gasteiger charge is 2.21. The van der Waals surface area contributed by atoms with Gasteiger partial charge in [-0.1, -0.05) is 0 Å². The molecule has 4 nitrogen and oxygen atoms in total. The number of hydrogen-bond acceptors (Lipinski definition) is 2. The van der Waals surface area contributed by atoms with Gasteiger partial charge < -0.3 is 15.3 Å². The highest BCUT2D eigenvalue weighted by Crippen LogP contribution is 2.11. The van der Waals surface area contributed by atoms with Gasteiger partial charge in [0.25, 0.3) is 0 Å². The summed E-state index contributed by atoms with van der Waals surface area (Å²) in [5, 5.41) is 12.1. The smallest absolute Gasteiger partial charge is 0.317 e. The Balaban J connectivity index is 1.80. The lowest BCUT2D eigenvalue weighted by Gasteiger charge is -2.30. The van der Waals surface area contributed by atoms with Crippen LogP contribution in [-0.2, 0) is 6.42 Å². The molecule has 20 heavy (non-hydrogen) atoms. The first kappa shape index (κ1) is 14.7. The Morgan fingerprint density at radius 1 is 1.45 bits per heavy atom. The molecule has 6 heteroatoms. The number of urea groups is 1. The molecule has 0 aromatic heterocycles. The fourth-order valence-corrected chi connectivity index (χ4v) is 2.29. The number of piperidine rings is 1. The number of carbonyl (C=O) groups excluding carboxylic acids is 1. The maximum absolute atomic E-state index is 13.4. The maximum atomic E-state index is 13.4. The van der Waals surface area contributed by atoms with Gasteiger partial charge in [-0.2, -0.15) is 0 Å². The van der Waals surface area contributed by atoms with Crippen LogP contribution >= 0.6 is 0 Å². The van der Waals surface area contributed by atoms with Crippen LogP contribution in [0.5, 0.6) is 0 Å². The number of halogens is 2. The minimum absolute atomic E-state index is 0.228. The summed E-state index contributed by atoms with van der Waals surface area (Å²) in [6.07, 6.45) is 1.23. The van der Waals surface area contributed by atoms with Gasteiger partial charge in [0.2, 0.25) is 0 Å². The number of likely N-dealkylation sites (tertiary alicyclic amines) is 1. The van der Waals surface area contributed by atoms with Crippen LogP contribution in [0.3, 0.4) is 0 Å². The van der Waals surface area contributed by atoms with Crippen LogP contribution in [0.4, 0.5) is 13.6 Å². The first-order valence-electron chi connectivity index (χ1n) is 6.71. The highest BCUT2D eigenvalue weighted by molar-refractivity contribution is 5.74. The molecule has 1 aromatic carbocycles. The van der Waals surface area contributed by atoms with Crippen molar-refractivity contribution in [1.29, 1.82) is 0 Å². The minimum atomic E-state index is -0.494. The molecule has 1 fully saturated rings. The quantitative estimate of drug-likeness (QED) is 0.887. The Bertz CT molecular complexity index is 482. The molecule has 0 spiro atoms. The molecular weight excluding hydrogens is 266 g/mol. The summed E-state index contributed by atoms with van der Waals surface area (Å²) < 4.78 is 26.4. The third-order valence-electron chi connectivity index (χ3n) is 3.36. The van der Waals surface area contributed by atoms with E-state index in [4.69, 9.17) is 0 Å². The minimum Gasteiger partial charge on any atom is -0.391 e. The average Bonchev–Trinajstić information content (AvgIpc) is 2.42. The summed E-state index contributed by atoms with van der Waals surface area (Å²) in [4.78, 5) is 13.4. The van der Waals surface area contributed by atoms with Crippen LogP contribution in [0.1, 0.15) is 18.4 Å². The second kappa shape index (κ2) is 6.65. The van der Waals surface area contributed by atoms with Gasteiger partial charge in [0.1, 0.15) is 11.6 Å². The Hall–Kier alpha value is -1.69. The van der Waals surface area contributed by atoms with Crippen molar-refractivity contribution in [2.75, 3.05) is 19.6 Å². The fraction of sp³-hybridized carbons (Fsp3) is 0.500. The molecule has 1 saturated heterocycles. The van der Waals surface area contributed by atoms with Crippen LogP contribution in [0.2, 0.25) is 0 Å². The molecule has 0 saturated carbocycles. The first-order chi connectivity index (χ1) is 9.56. The lowest BCUT2D eigenvalue weighted by molar-refractivity contribution is 0.0843. The van der Waals surface area contributed by atoms with Gasteiger partial charge in [-0.3, -0.25) is 0 Å². The van der Waals surface area contributed by atoms with E-state index in [0.717, 1.165) is 24.6 Å². The summed E-state index contributed by atoms with van der Waals surface area (Å²) in [7, 11) is 0. The van der Waals surface area contributed by atoms with E-state index < -0.39 is 17.7 Å². The van der Waals surface area contributed by atoms with E-state index in [1.165, 1.54) is 4.90 Å². The first-order valence-corrected chi connectivity index (χ1v) is 6.71. The molecule has 110 valence electrons. The summed E-state index contributed by atoms with van der Waals surface area (Å²) in [6, 6.07) is 2.99. The third-order valence-corrected chi connectivity index (χ3v) is 3.36. The standard InChI is InChI=1S/C14H18F2N2O2/c15-11-3-4-13(16)10(8-11)5-6-17-14(20)18-7-1-2-12(19)9-18/h3-4,8,12,19H,1-2,5-7,9H2,(H,17,20). The highest BCUT2D eigenvalue weighted by atomic mass is 19.1. The molecule has 0 radical (unpaired) electrons. The van der Waals surface area contributed by atoms with Crippen molar-refractivity contribution in [1.82, 2.24) is 10.2 Å². The van der Waals surface area contributed by atoms with E-state index in [9.17, 15) is 18.7 Å². The predicted molar refractivity (Wildman–Crippen MR) is 70.3 cm³/mol. The number of rotatable bonds is 3. The SMILES string of the molecule is O=C(NCCc1cc(F)ccc1F)N1CCCC(O)C1. The predicted octanol–water partition coefficient (Wildman–Crippen LogP) is 1.67. The van der Waals surface area contributed by atoms with Gasteiger partial charge in [-0.15, -0.1) is 0 Å². The van der Waals surface area contributed by atoms with Crippen molar-refractivity contribution < 1.29 is 18.7 Å². The Kier molecular flexibility index (Phi) is 4.89. The van der Waals surface area contributed by atoms with E-state index in [-0.39, 0.29) is 24.6 Å². The molecule has 2 amide bonds. The van der Waals surface area contributed by atoms with Gasteiger partial charge in [-0.25, -0.2) is 13.6 Å². The molecule has 1 atom stereocenters. The second-order valence-electron chi connectivity index (χ2n) is 4.96. The van der Waals surface area contributed by atoms with Gasteiger partial charge in [0.05, 0.1) is 6.10 Å². The zero-order valence-electron chi connectivity index (χ0n) is 11.1. The second-order valence-corrected chi connectivity index (χ2v) is 4.96. The Morgan fingerprint density at radius 2 is 2.25 bits per heavy atom. The van der Waals surface area contributed by atoms with Crippen molar-refractivity contribution >= 4 is 6.03 Å². The molecule has 0 aliphatic carbocycles. The monoisotopic (exact) mass is 284 g/mol. The number of nitrogens with one attached hydrogen (secondary N) is 1. The zero-order chi connectivity index (χ0) is 14.5. The molecule has 1 unspecified atom stereocenters. The Morgan fingerprint density at radius 3 is 3.00 bits per heavy atom. The van der Waals surface area contributed by atoms with E-state index >= 15 is 0 Å². The fourth-order valence-electron chi connectivity index (χ4n) is 2.29. The van der Waals surface area contributed by atoms with Crippen LogP contribution in [-0.4, -0.2) is 41.8 Å². The number of amides is 2. The van der Waals surface area contributed by atoms with Gasteiger partial charge in [0, 0.05) is 19.6 Å². The molecular formula is C14H18F2N2O2. The van der Waals surface area contributed by atoms with Crippen molar-refractivity contribution in [3.05, 3.63) is 35.4 Å². The van der Waals surface area contributed by atoms with E-state index in [2.05, 4.69) is 5.32 Å².